The molecule has 10 heteroatoms. The maximum absolute atomic E-state index is 12.6. The van der Waals surface area contributed by atoms with Gasteiger partial charge in [0.2, 0.25) is 0 Å². The number of nitro groups is 1. The van der Waals surface area contributed by atoms with Gasteiger partial charge in [-0.25, -0.2) is 9.80 Å². The van der Waals surface area contributed by atoms with Crippen molar-refractivity contribution in [3.05, 3.63) is 69.8 Å². The summed E-state index contributed by atoms with van der Waals surface area (Å²) in [4.78, 5) is 47.3. The highest BCUT2D eigenvalue weighted by atomic mass is 16.6. The largest absolute Gasteiger partial charge is 0.475 e. The molecule has 31 heavy (non-hydrogen) atoms. The Balaban J connectivity index is 1.83. The number of amides is 2. The number of carbonyl (C=O) groups excluding carboxylic acids is 3. The molecule has 0 spiro atoms. The van der Waals surface area contributed by atoms with Crippen LogP contribution in [0.2, 0.25) is 0 Å². The topological polar surface area (TPSA) is 128 Å². The lowest BCUT2D eigenvalue weighted by atomic mass is 10.1. The van der Waals surface area contributed by atoms with E-state index in [-0.39, 0.29) is 23.0 Å². The minimum absolute atomic E-state index is 0.138. The molecule has 2 aromatic carbocycles. The molecule has 1 N–H and O–H groups in total. The first-order valence-corrected chi connectivity index (χ1v) is 9.29. The maximum Gasteiger partial charge on any atom is 0.344 e. The van der Waals surface area contributed by atoms with Crippen LogP contribution in [-0.2, 0) is 19.1 Å². The quantitative estimate of drug-likeness (QED) is 0.237. The van der Waals surface area contributed by atoms with Gasteiger partial charge in [0.25, 0.3) is 11.8 Å². The Bertz CT molecular complexity index is 1060. The molecule has 0 aromatic heterocycles. The fraction of sp³-hybridized carbons (Fsp3) is 0.190. The fourth-order valence-corrected chi connectivity index (χ4v) is 2.81. The van der Waals surface area contributed by atoms with E-state index in [9.17, 15) is 24.5 Å². The second-order valence-electron chi connectivity index (χ2n) is 6.79. The number of nitrogens with zero attached hydrogens (tertiary/aromatic N) is 2. The minimum Gasteiger partial charge on any atom is -0.475 e. The standard InChI is InChI=1S/C21H19N3O7/c1-13(2)31-19(25)12-30-18-9-8-14(11-17(18)24(28)29)10-16-20(26)22-23(21(16)27)15-6-4-3-5-7-15/h3-11,13H,12H2,1-2H3,(H,22,26)/b16-10-. The number of nitro benzene ring substituents is 1. The van der Waals surface area contributed by atoms with Crippen molar-refractivity contribution in [2.45, 2.75) is 20.0 Å². The molecule has 160 valence electrons. The maximum atomic E-state index is 12.6. The molecule has 1 aliphatic heterocycles. The van der Waals surface area contributed by atoms with Gasteiger partial charge in [0.15, 0.2) is 12.4 Å². The molecule has 2 aromatic rings. The number of esters is 1. The molecule has 1 aliphatic rings. The third-order valence-corrected chi connectivity index (χ3v) is 4.11. The summed E-state index contributed by atoms with van der Waals surface area (Å²) < 4.78 is 10.1. The van der Waals surface area contributed by atoms with Crippen molar-refractivity contribution in [2.24, 2.45) is 0 Å². The van der Waals surface area contributed by atoms with Crippen LogP contribution < -0.4 is 15.2 Å². The van der Waals surface area contributed by atoms with Gasteiger partial charge in [-0.05, 0) is 43.7 Å². The third-order valence-electron chi connectivity index (χ3n) is 4.11. The van der Waals surface area contributed by atoms with Crippen molar-refractivity contribution in [3.63, 3.8) is 0 Å². The van der Waals surface area contributed by atoms with Crippen molar-refractivity contribution in [1.29, 1.82) is 0 Å². The van der Waals surface area contributed by atoms with Crippen LogP contribution >= 0.6 is 0 Å². The lowest BCUT2D eigenvalue weighted by Gasteiger charge is -2.13. The van der Waals surface area contributed by atoms with Gasteiger partial charge in [0.1, 0.15) is 5.57 Å². The first-order chi connectivity index (χ1) is 14.8. The summed E-state index contributed by atoms with van der Waals surface area (Å²) in [5, 5.41) is 12.5. The highest BCUT2D eigenvalue weighted by Gasteiger charge is 2.34. The van der Waals surface area contributed by atoms with Gasteiger partial charge < -0.3 is 9.47 Å². The fourth-order valence-electron chi connectivity index (χ4n) is 2.81. The molecule has 3 rings (SSSR count). The molecule has 0 atom stereocenters. The zero-order valence-electron chi connectivity index (χ0n) is 16.7. The summed E-state index contributed by atoms with van der Waals surface area (Å²) in [7, 11) is 0. The van der Waals surface area contributed by atoms with E-state index < -0.39 is 35.0 Å². The molecule has 2 amide bonds. The van der Waals surface area contributed by atoms with Crippen molar-refractivity contribution in [1.82, 2.24) is 5.43 Å². The highest BCUT2D eigenvalue weighted by Crippen LogP contribution is 2.30. The van der Waals surface area contributed by atoms with Crippen LogP contribution in [0, 0.1) is 10.1 Å². The highest BCUT2D eigenvalue weighted by molar-refractivity contribution is 6.31. The SMILES string of the molecule is CC(C)OC(=O)COc1ccc(/C=C2/C(=O)NN(c3ccccc3)C2=O)cc1[N+](=O)[O-]. The Morgan fingerprint density at radius 1 is 1.19 bits per heavy atom. The normalized spacial score (nSPS) is 14.7. The zero-order valence-corrected chi connectivity index (χ0v) is 16.7. The Kier molecular flexibility index (Phi) is 6.29. The van der Waals surface area contributed by atoms with Crippen molar-refractivity contribution >= 4 is 35.2 Å². The van der Waals surface area contributed by atoms with Crippen LogP contribution in [-0.4, -0.2) is 35.4 Å². The van der Waals surface area contributed by atoms with E-state index in [2.05, 4.69) is 5.43 Å². The molecule has 1 heterocycles. The van der Waals surface area contributed by atoms with Gasteiger partial charge in [-0.15, -0.1) is 0 Å². The summed E-state index contributed by atoms with van der Waals surface area (Å²) in [5.74, 6) is -2.02. The number of anilines is 1. The minimum atomic E-state index is -0.683. The Morgan fingerprint density at radius 3 is 2.55 bits per heavy atom. The van der Waals surface area contributed by atoms with Crippen LogP contribution in [0.4, 0.5) is 11.4 Å². The van der Waals surface area contributed by atoms with E-state index >= 15 is 0 Å². The molecule has 10 nitrogen and oxygen atoms in total. The molecule has 1 saturated heterocycles. The van der Waals surface area contributed by atoms with E-state index in [0.717, 1.165) is 11.1 Å². The van der Waals surface area contributed by atoms with E-state index in [1.165, 1.54) is 18.2 Å². The van der Waals surface area contributed by atoms with Gasteiger partial charge >= 0.3 is 11.7 Å². The lowest BCUT2D eigenvalue weighted by molar-refractivity contribution is -0.385. The van der Waals surface area contributed by atoms with Crippen LogP contribution in [0.3, 0.4) is 0 Å². The molecular weight excluding hydrogens is 406 g/mol. The van der Waals surface area contributed by atoms with Crippen molar-refractivity contribution in [2.75, 3.05) is 11.6 Å². The van der Waals surface area contributed by atoms with E-state index in [4.69, 9.17) is 9.47 Å². The van der Waals surface area contributed by atoms with E-state index in [1.54, 1.807) is 44.2 Å². The van der Waals surface area contributed by atoms with Gasteiger partial charge in [-0.3, -0.25) is 25.1 Å². The Labute approximate surface area is 177 Å². The molecular formula is C21H19N3O7. The van der Waals surface area contributed by atoms with Gasteiger partial charge in [-0.2, -0.15) is 0 Å². The Hall–Kier alpha value is -4.21. The van der Waals surface area contributed by atoms with Gasteiger partial charge in [0, 0.05) is 6.07 Å². The number of carbonyl (C=O) groups is 3. The number of benzene rings is 2. The molecule has 0 aliphatic carbocycles. The summed E-state index contributed by atoms with van der Waals surface area (Å²) in [6.07, 6.45) is 0.912. The smallest absolute Gasteiger partial charge is 0.344 e. The second kappa shape index (κ2) is 9.08. The predicted molar refractivity (Wildman–Crippen MR) is 110 cm³/mol. The first kappa shape index (κ1) is 21.5. The second-order valence-corrected chi connectivity index (χ2v) is 6.79. The lowest BCUT2D eigenvalue weighted by Crippen LogP contribution is -2.35. The molecule has 0 bridgehead atoms. The van der Waals surface area contributed by atoms with Crippen LogP contribution in [0.25, 0.3) is 6.08 Å². The molecule has 1 fully saturated rings. The number of nitrogens with one attached hydrogen (secondary N) is 1. The van der Waals surface area contributed by atoms with Crippen LogP contribution in [0.5, 0.6) is 5.75 Å². The molecule has 0 radical (unpaired) electrons. The average Bonchev–Trinajstić information content (AvgIpc) is 3.01. The Morgan fingerprint density at radius 2 is 1.90 bits per heavy atom. The zero-order chi connectivity index (χ0) is 22.5. The average molecular weight is 425 g/mol. The van der Waals surface area contributed by atoms with Gasteiger partial charge in [0.05, 0.1) is 16.7 Å². The predicted octanol–water partition coefficient (Wildman–Crippen LogP) is 2.39. The summed E-state index contributed by atoms with van der Waals surface area (Å²) in [5.41, 5.74) is 2.59. The summed E-state index contributed by atoms with van der Waals surface area (Å²) in [6, 6.07) is 12.4. The van der Waals surface area contributed by atoms with Gasteiger partial charge in [-0.1, -0.05) is 24.3 Å². The van der Waals surface area contributed by atoms with Crippen molar-refractivity contribution in [3.8, 4) is 5.75 Å². The van der Waals surface area contributed by atoms with E-state index in [0.29, 0.717) is 5.69 Å². The number of rotatable bonds is 7. The number of ether oxygens (including phenoxy) is 2. The van der Waals surface area contributed by atoms with Crippen molar-refractivity contribution < 1.29 is 28.8 Å². The number of para-hydroxylation sites is 1. The molecule has 0 unspecified atom stereocenters. The first-order valence-electron chi connectivity index (χ1n) is 9.29. The number of hydrazine groups is 1. The number of hydrogen-bond donors (Lipinski definition) is 1. The number of hydrogen-bond acceptors (Lipinski definition) is 7. The van der Waals surface area contributed by atoms with Crippen LogP contribution in [0.1, 0.15) is 19.4 Å². The summed E-state index contributed by atoms with van der Waals surface area (Å²) >= 11 is 0. The third kappa shape index (κ3) is 5.04. The summed E-state index contributed by atoms with van der Waals surface area (Å²) in [6.45, 7) is 2.84. The monoisotopic (exact) mass is 425 g/mol. The van der Waals surface area contributed by atoms with Crippen LogP contribution in [0.15, 0.2) is 54.1 Å². The van der Waals surface area contributed by atoms with E-state index in [1.807, 2.05) is 0 Å². The molecule has 0 saturated carbocycles.